The van der Waals surface area contributed by atoms with Crippen molar-refractivity contribution in [3.05, 3.63) is 59.2 Å². The number of carbonyl (C=O) groups excluding carboxylic acids is 2. The van der Waals surface area contributed by atoms with E-state index in [9.17, 15) is 9.59 Å². The maximum Gasteiger partial charge on any atom is 0.356 e. The molecule has 156 valence electrons. The van der Waals surface area contributed by atoms with Crippen molar-refractivity contribution in [2.24, 2.45) is 0 Å². The van der Waals surface area contributed by atoms with Gasteiger partial charge in [-0.25, -0.2) is 4.79 Å². The second kappa shape index (κ2) is 8.77. The van der Waals surface area contributed by atoms with Crippen LogP contribution in [-0.2, 0) is 9.53 Å². The van der Waals surface area contributed by atoms with Crippen molar-refractivity contribution >= 4 is 45.8 Å². The second-order valence-electron chi connectivity index (χ2n) is 7.33. The number of aromatic amines is 1. The molecule has 30 heavy (non-hydrogen) atoms. The fourth-order valence-corrected chi connectivity index (χ4v) is 4.16. The molecule has 1 aliphatic rings. The number of rotatable bonds is 5. The number of fused-ring (bicyclic) bond motifs is 1. The highest BCUT2D eigenvalue weighted by Crippen LogP contribution is 2.33. The molecule has 2 aromatic carbocycles. The average molecular weight is 428 g/mol. The van der Waals surface area contributed by atoms with Gasteiger partial charge in [0.1, 0.15) is 5.69 Å². The molecule has 1 aromatic heterocycles. The Balaban J connectivity index is 1.45. The summed E-state index contributed by atoms with van der Waals surface area (Å²) in [5.41, 5.74) is 2.44. The standard InChI is InChI=1S/C22H23ClN4O3/c1-30-22(29)21-20(19-16(23)8-5-9-17(19)24-21)25-18(28)14-26-10-12-27(13-11-26)15-6-3-2-4-7-15/h2-9,24H,10-14H2,1H3,(H,25,28)/p+1. The Morgan fingerprint density at radius 3 is 2.57 bits per heavy atom. The molecule has 7 nitrogen and oxygen atoms in total. The summed E-state index contributed by atoms with van der Waals surface area (Å²) in [5.74, 6) is -0.717. The van der Waals surface area contributed by atoms with Crippen LogP contribution in [0.5, 0.6) is 0 Å². The molecule has 0 spiro atoms. The van der Waals surface area contributed by atoms with Crippen molar-refractivity contribution in [2.45, 2.75) is 0 Å². The summed E-state index contributed by atoms with van der Waals surface area (Å²) >= 11 is 6.34. The van der Waals surface area contributed by atoms with E-state index in [-0.39, 0.29) is 11.6 Å². The number of aromatic nitrogens is 1. The molecule has 0 unspecified atom stereocenters. The summed E-state index contributed by atoms with van der Waals surface area (Å²) in [6, 6.07) is 15.6. The number of quaternary nitrogens is 1. The lowest BCUT2D eigenvalue weighted by molar-refractivity contribution is -0.892. The zero-order chi connectivity index (χ0) is 21.1. The quantitative estimate of drug-likeness (QED) is 0.544. The van der Waals surface area contributed by atoms with Crippen LogP contribution in [0.4, 0.5) is 11.4 Å². The van der Waals surface area contributed by atoms with Crippen LogP contribution < -0.4 is 15.1 Å². The van der Waals surface area contributed by atoms with Gasteiger partial charge in [-0.05, 0) is 24.3 Å². The molecule has 1 fully saturated rings. The van der Waals surface area contributed by atoms with E-state index in [4.69, 9.17) is 16.3 Å². The van der Waals surface area contributed by atoms with Crippen LogP contribution in [0.2, 0.25) is 5.02 Å². The minimum absolute atomic E-state index is 0.163. The third-order valence-electron chi connectivity index (χ3n) is 5.43. The highest BCUT2D eigenvalue weighted by atomic mass is 35.5. The molecule has 1 amide bonds. The van der Waals surface area contributed by atoms with Gasteiger partial charge in [-0.15, -0.1) is 0 Å². The number of esters is 1. The number of amides is 1. The van der Waals surface area contributed by atoms with E-state index >= 15 is 0 Å². The summed E-state index contributed by atoms with van der Waals surface area (Å²) < 4.78 is 4.86. The molecule has 0 bridgehead atoms. The number of carbonyl (C=O) groups is 2. The SMILES string of the molecule is COC(=O)c1[nH]c2cccc(Cl)c2c1NC(=O)C[NH+]1CCN(c2ccccc2)CC1. The summed E-state index contributed by atoms with van der Waals surface area (Å²) in [6.07, 6.45) is 0. The number of anilines is 2. The minimum Gasteiger partial charge on any atom is -0.464 e. The maximum atomic E-state index is 12.8. The minimum atomic E-state index is -0.554. The number of halogens is 1. The van der Waals surface area contributed by atoms with Gasteiger partial charge in [-0.2, -0.15) is 0 Å². The monoisotopic (exact) mass is 427 g/mol. The number of piperazine rings is 1. The van der Waals surface area contributed by atoms with E-state index < -0.39 is 5.97 Å². The van der Waals surface area contributed by atoms with Crippen molar-refractivity contribution in [1.29, 1.82) is 0 Å². The molecule has 8 heteroatoms. The van der Waals surface area contributed by atoms with Gasteiger partial charge >= 0.3 is 5.97 Å². The Hall–Kier alpha value is -3.03. The number of para-hydroxylation sites is 1. The van der Waals surface area contributed by atoms with Gasteiger partial charge in [0.25, 0.3) is 5.91 Å². The number of benzene rings is 2. The third kappa shape index (κ3) is 4.13. The van der Waals surface area contributed by atoms with Crippen LogP contribution in [-0.4, -0.2) is 56.7 Å². The fourth-order valence-electron chi connectivity index (χ4n) is 3.89. The third-order valence-corrected chi connectivity index (χ3v) is 5.74. The number of hydrogen-bond acceptors (Lipinski definition) is 4. The van der Waals surface area contributed by atoms with Crippen LogP contribution in [0.3, 0.4) is 0 Å². The molecule has 1 aliphatic heterocycles. The molecular formula is C22H24ClN4O3+. The van der Waals surface area contributed by atoms with Crippen molar-refractivity contribution in [1.82, 2.24) is 4.98 Å². The van der Waals surface area contributed by atoms with Crippen molar-refractivity contribution in [3.8, 4) is 0 Å². The topological polar surface area (TPSA) is 78.9 Å². The molecule has 3 N–H and O–H groups in total. The molecular weight excluding hydrogens is 404 g/mol. The van der Waals surface area contributed by atoms with Crippen LogP contribution in [0.1, 0.15) is 10.5 Å². The Morgan fingerprint density at radius 2 is 1.87 bits per heavy atom. The normalized spacial score (nSPS) is 14.7. The van der Waals surface area contributed by atoms with Gasteiger partial charge in [-0.1, -0.05) is 35.9 Å². The van der Waals surface area contributed by atoms with Crippen LogP contribution in [0, 0.1) is 0 Å². The van der Waals surface area contributed by atoms with Crippen LogP contribution in [0.15, 0.2) is 48.5 Å². The molecule has 3 aromatic rings. The number of hydrogen-bond donors (Lipinski definition) is 3. The molecule has 0 radical (unpaired) electrons. The first-order chi connectivity index (χ1) is 14.6. The van der Waals surface area contributed by atoms with E-state index in [1.165, 1.54) is 17.7 Å². The predicted octanol–water partition coefficient (Wildman–Crippen LogP) is 1.95. The van der Waals surface area contributed by atoms with E-state index in [1.807, 2.05) is 18.2 Å². The second-order valence-corrected chi connectivity index (χ2v) is 7.73. The zero-order valence-electron chi connectivity index (χ0n) is 16.7. The summed E-state index contributed by atoms with van der Waals surface area (Å²) in [6.45, 7) is 3.82. The van der Waals surface area contributed by atoms with Gasteiger partial charge in [0.2, 0.25) is 0 Å². The van der Waals surface area contributed by atoms with Gasteiger partial charge < -0.3 is 24.8 Å². The smallest absolute Gasteiger partial charge is 0.356 e. The van der Waals surface area contributed by atoms with Gasteiger partial charge in [0, 0.05) is 16.6 Å². The lowest BCUT2D eigenvalue weighted by Gasteiger charge is -2.33. The van der Waals surface area contributed by atoms with Crippen molar-refractivity contribution < 1.29 is 19.2 Å². The number of nitrogens with one attached hydrogen (secondary N) is 3. The fraction of sp³-hybridized carbons (Fsp3) is 0.273. The molecule has 0 aliphatic carbocycles. The average Bonchev–Trinajstić information content (AvgIpc) is 3.14. The van der Waals surface area contributed by atoms with Gasteiger partial charge in [0.15, 0.2) is 6.54 Å². The Kier molecular flexibility index (Phi) is 5.92. The van der Waals surface area contributed by atoms with Gasteiger partial charge in [0.05, 0.1) is 44.0 Å². The summed E-state index contributed by atoms with van der Waals surface area (Å²) in [5, 5.41) is 3.95. The molecule has 0 atom stereocenters. The highest BCUT2D eigenvalue weighted by molar-refractivity contribution is 6.37. The molecule has 1 saturated heterocycles. The first-order valence-electron chi connectivity index (χ1n) is 9.88. The Bertz CT molecular complexity index is 1060. The maximum absolute atomic E-state index is 12.8. The lowest BCUT2D eigenvalue weighted by Crippen LogP contribution is -3.15. The first kappa shape index (κ1) is 20.3. The molecule has 4 rings (SSSR count). The molecule has 0 saturated carbocycles. The predicted molar refractivity (Wildman–Crippen MR) is 117 cm³/mol. The lowest BCUT2D eigenvalue weighted by atomic mass is 10.2. The number of nitrogens with zero attached hydrogens (tertiary/aromatic N) is 1. The summed E-state index contributed by atoms with van der Waals surface area (Å²) in [4.78, 5) is 31.5. The largest absolute Gasteiger partial charge is 0.464 e. The van der Waals surface area contributed by atoms with Crippen molar-refractivity contribution in [2.75, 3.05) is 50.1 Å². The number of methoxy groups -OCH3 is 1. The van der Waals surface area contributed by atoms with Crippen LogP contribution >= 0.6 is 11.6 Å². The number of H-pyrrole nitrogens is 1. The summed E-state index contributed by atoms with van der Waals surface area (Å²) in [7, 11) is 1.30. The van der Waals surface area contributed by atoms with E-state index in [2.05, 4.69) is 27.3 Å². The molecule has 2 heterocycles. The van der Waals surface area contributed by atoms with Crippen LogP contribution in [0.25, 0.3) is 10.9 Å². The van der Waals surface area contributed by atoms with E-state index in [0.29, 0.717) is 28.2 Å². The van der Waals surface area contributed by atoms with Crippen molar-refractivity contribution in [3.63, 3.8) is 0 Å². The Morgan fingerprint density at radius 1 is 1.13 bits per heavy atom. The van der Waals surface area contributed by atoms with E-state index in [0.717, 1.165) is 26.2 Å². The number of ether oxygens (including phenoxy) is 1. The van der Waals surface area contributed by atoms with Gasteiger partial charge in [-0.3, -0.25) is 4.79 Å². The Labute approximate surface area is 179 Å². The zero-order valence-corrected chi connectivity index (χ0v) is 17.5. The first-order valence-corrected chi connectivity index (χ1v) is 10.3. The highest BCUT2D eigenvalue weighted by Gasteiger charge is 2.25. The van der Waals surface area contributed by atoms with E-state index in [1.54, 1.807) is 18.2 Å².